The summed E-state index contributed by atoms with van der Waals surface area (Å²) in [5, 5.41) is 9.95. The van der Waals surface area contributed by atoms with Crippen molar-refractivity contribution in [2.75, 3.05) is 20.2 Å². The molecule has 0 aromatic carbocycles. The highest BCUT2D eigenvalue weighted by atomic mass is 16.5. The minimum absolute atomic E-state index is 0.162. The van der Waals surface area contributed by atoms with E-state index in [0.717, 1.165) is 26.0 Å². The fourth-order valence-corrected chi connectivity index (χ4v) is 3.66. The van der Waals surface area contributed by atoms with E-state index >= 15 is 0 Å². The van der Waals surface area contributed by atoms with Crippen LogP contribution in [0.4, 0.5) is 0 Å². The maximum atomic E-state index is 9.95. The molecule has 106 valence electrons. The molecular weight excluding hydrogens is 226 g/mol. The molecule has 0 amide bonds. The summed E-state index contributed by atoms with van der Waals surface area (Å²) in [6.07, 6.45) is 8.74. The molecule has 1 aliphatic heterocycles. The Labute approximate surface area is 112 Å². The molecule has 1 N–H and O–H groups in total. The number of nitrogens with zero attached hydrogens (tertiary/aromatic N) is 1. The van der Waals surface area contributed by atoms with E-state index in [2.05, 4.69) is 11.9 Å². The monoisotopic (exact) mass is 255 g/mol. The van der Waals surface area contributed by atoms with E-state index in [4.69, 9.17) is 4.74 Å². The molecule has 1 heterocycles. The van der Waals surface area contributed by atoms with Gasteiger partial charge < -0.3 is 14.7 Å². The fourth-order valence-electron chi connectivity index (χ4n) is 3.66. The third-order valence-corrected chi connectivity index (χ3v) is 4.49. The van der Waals surface area contributed by atoms with Crippen LogP contribution in [0.1, 0.15) is 58.8 Å². The molecule has 2 rings (SSSR count). The molecule has 1 spiro atoms. The average Bonchev–Trinajstić information content (AvgIpc) is 2.28. The van der Waals surface area contributed by atoms with Gasteiger partial charge in [-0.3, -0.25) is 0 Å². The van der Waals surface area contributed by atoms with Crippen LogP contribution in [0.5, 0.6) is 0 Å². The number of hydrogen-bond donors (Lipinski definition) is 1. The Hall–Kier alpha value is -0.120. The van der Waals surface area contributed by atoms with Gasteiger partial charge in [0.05, 0.1) is 11.2 Å². The van der Waals surface area contributed by atoms with Crippen LogP contribution in [0.2, 0.25) is 0 Å². The number of ether oxygens (including phenoxy) is 1. The Morgan fingerprint density at radius 2 is 1.94 bits per heavy atom. The van der Waals surface area contributed by atoms with Gasteiger partial charge in [0.2, 0.25) is 0 Å². The SMILES string of the molecule is CN(CC(C)(C)O)C1CCOC2(CCCCC2)C1. The van der Waals surface area contributed by atoms with Gasteiger partial charge in [-0.15, -0.1) is 0 Å². The summed E-state index contributed by atoms with van der Waals surface area (Å²) < 4.78 is 6.13. The lowest BCUT2D eigenvalue weighted by atomic mass is 9.78. The zero-order valence-corrected chi connectivity index (χ0v) is 12.2. The zero-order valence-electron chi connectivity index (χ0n) is 12.2. The van der Waals surface area contributed by atoms with E-state index in [1.54, 1.807) is 0 Å². The molecule has 2 fully saturated rings. The largest absolute Gasteiger partial charge is 0.389 e. The zero-order chi connectivity index (χ0) is 13.2. The first-order chi connectivity index (χ1) is 8.40. The van der Waals surface area contributed by atoms with Crippen LogP contribution in [-0.4, -0.2) is 47.4 Å². The van der Waals surface area contributed by atoms with E-state index in [1.807, 2.05) is 13.8 Å². The minimum atomic E-state index is -0.604. The molecule has 18 heavy (non-hydrogen) atoms. The number of hydrogen-bond acceptors (Lipinski definition) is 3. The summed E-state index contributed by atoms with van der Waals surface area (Å²) in [6.45, 7) is 5.41. The molecule has 1 atom stereocenters. The third-order valence-electron chi connectivity index (χ3n) is 4.49. The van der Waals surface area contributed by atoms with Crippen LogP contribution in [0.3, 0.4) is 0 Å². The maximum absolute atomic E-state index is 9.95. The first-order valence-electron chi connectivity index (χ1n) is 7.47. The highest BCUT2D eigenvalue weighted by molar-refractivity contribution is 4.93. The van der Waals surface area contributed by atoms with E-state index in [9.17, 15) is 5.11 Å². The van der Waals surface area contributed by atoms with Crippen LogP contribution in [0.25, 0.3) is 0 Å². The molecule has 0 bridgehead atoms. The van der Waals surface area contributed by atoms with Gasteiger partial charge in [0, 0.05) is 19.2 Å². The van der Waals surface area contributed by atoms with Gasteiger partial charge >= 0.3 is 0 Å². The van der Waals surface area contributed by atoms with Crippen molar-refractivity contribution in [2.24, 2.45) is 0 Å². The summed E-state index contributed by atoms with van der Waals surface area (Å²) in [7, 11) is 2.14. The minimum Gasteiger partial charge on any atom is -0.389 e. The van der Waals surface area contributed by atoms with Crippen molar-refractivity contribution in [3.63, 3.8) is 0 Å². The Bertz CT molecular complexity index is 261. The topological polar surface area (TPSA) is 32.7 Å². The Morgan fingerprint density at radius 3 is 2.56 bits per heavy atom. The van der Waals surface area contributed by atoms with Crippen molar-refractivity contribution in [3.8, 4) is 0 Å². The van der Waals surface area contributed by atoms with E-state index < -0.39 is 5.60 Å². The number of aliphatic hydroxyl groups is 1. The van der Waals surface area contributed by atoms with Crippen molar-refractivity contribution in [3.05, 3.63) is 0 Å². The van der Waals surface area contributed by atoms with Crippen LogP contribution in [-0.2, 0) is 4.74 Å². The Balaban J connectivity index is 1.93. The van der Waals surface area contributed by atoms with Gasteiger partial charge in [-0.2, -0.15) is 0 Å². The molecule has 0 aromatic heterocycles. The molecule has 0 radical (unpaired) electrons. The molecule has 1 unspecified atom stereocenters. The Kier molecular flexibility index (Phi) is 4.35. The number of rotatable bonds is 3. The van der Waals surface area contributed by atoms with Crippen LogP contribution < -0.4 is 0 Å². The highest BCUT2D eigenvalue weighted by Gasteiger charge is 2.40. The maximum Gasteiger partial charge on any atom is 0.0718 e. The predicted octanol–water partition coefficient (Wildman–Crippen LogP) is 2.57. The lowest BCUT2D eigenvalue weighted by Crippen LogP contribution is -2.51. The highest BCUT2D eigenvalue weighted by Crippen LogP contribution is 2.39. The number of likely N-dealkylation sites (N-methyl/N-ethyl adjacent to an activating group) is 1. The molecule has 1 aliphatic carbocycles. The first kappa shape index (κ1) is 14.3. The summed E-state index contributed by atoms with van der Waals surface area (Å²) >= 11 is 0. The standard InChI is InChI=1S/C15H29NO2/c1-14(2,17)12-16(3)13-7-10-18-15(11-13)8-5-4-6-9-15/h13,17H,4-12H2,1-3H3. The van der Waals surface area contributed by atoms with Crippen molar-refractivity contribution in [1.82, 2.24) is 4.90 Å². The third kappa shape index (κ3) is 3.69. The van der Waals surface area contributed by atoms with Gasteiger partial charge in [0.1, 0.15) is 0 Å². The second-order valence-electron chi connectivity index (χ2n) is 6.97. The fraction of sp³-hybridized carbons (Fsp3) is 1.00. The van der Waals surface area contributed by atoms with Gasteiger partial charge in [0.25, 0.3) is 0 Å². The molecule has 3 heteroatoms. The molecule has 3 nitrogen and oxygen atoms in total. The van der Waals surface area contributed by atoms with E-state index in [0.29, 0.717) is 6.04 Å². The van der Waals surface area contributed by atoms with Crippen molar-refractivity contribution < 1.29 is 9.84 Å². The van der Waals surface area contributed by atoms with E-state index in [-0.39, 0.29) is 5.60 Å². The summed E-state index contributed by atoms with van der Waals surface area (Å²) in [5.41, 5.74) is -0.443. The molecule has 0 aromatic rings. The van der Waals surface area contributed by atoms with Gasteiger partial charge in [0.15, 0.2) is 0 Å². The van der Waals surface area contributed by atoms with Crippen molar-refractivity contribution >= 4 is 0 Å². The normalized spacial score (nSPS) is 28.8. The van der Waals surface area contributed by atoms with Crippen LogP contribution in [0.15, 0.2) is 0 Å². The van der Waals surface area contributed by atoms with Gasteiger partial charge in [-0.25, -0.2) is 0 Å². The molecule has 1 saturated heterocycles. The van der Waals surface area contributed by atoms with Gasteiger partial charge in [-0.1, -0.05) is 19.3 Å². The lowest BCUT2D eigenvalue weighted by molar-refractivity contribution is -0.126. The van der Waals surface area contributed by atoms with Crippen molar-refractivity contribution in [2.45, 2.75) is 76.0 Å². The summed E-state index contributed by atoms with van der Waals surface area (Å²) in [5.74, 6) is 0. The summed E-state index contributed by atoms with van der Waals surface area (Å²) in [6, 6.07) is 0.572. The molecular formula is C15H29NO2. The van der Waals surface area contributed by atoms with Crippen LogP contribution >= 0.6 is 0 Å². The first-order valence-corrected chi connectivity index (χ1v) is 7.47. The smallest absolute Gasteiger partial charge is 0.0718 e. The quantitative estimate of drug-likeness (QED) is 0.841. The molecule has 2 aliphatic rings. The second-order valence-corrected chi connectivity index (χ2v) is 6.97. The molecule has 1 saturated carbocycles. The second kappa shape index (κ2) is 5.48. The average molecular weight is 255 g/mol. The Morgan fingerprint density at radius 1 is 1.28 bits per heavy atom. The van der Waals surface area contributed by atoms with Crippen LogP contribution in [0, 0.1) is 0 Å². The predicted molar refractivity (Wildman–Crippen MR) is 73.7 cm³/mol. The van der Waals surface area contributed by atoms with Gasteiger partial charge in [-0.05, 0) is 46.6 Å². The lowest BCUT2D eigenvalue weighted by Gasteiger charge is -2.46. The van der Waals surface area contributed by atoms with E-state index in [1.165, 1.54) is 32.1 Å². The summed E-state index contributed by atoms with van der Waals surface area (Å²) in [4.78, 5) is 2.33. The van der Waals surface area contributed by atoms with Crippen molar-refractivity contribution in [1.29, 1.82) is 0 Å².